The zero-order chi connectivity index (χ0) is 19.3. The van der Waals surface area contributed by atoms with Crippen molar-refractivity contribution in [1.29, 1.82) is 0 Å². The lowest BCUT2D eigenvalue weighted by Gasteiger charge is -2.32. The second kappa shape index (κ2) is 6.44. The fraction of sp³-hybridized carbons (Fsp3) is 0.625. The average Bonchev–Trinajstić information content (AvgIpc) is 3.10. The Hall–Kier alpha value is -1.23. The summed E-state index contributed by atoms with van der Waals surface area (Å²) in [5.74, 6) is -1.69. The molecule has 146 valence electrons. The van der Waals surface area contributed by atoms with Crippen LogP contribution in [0.3, 0.4) is 0 Å². The third-order valence-electron chi connectivity index (χ3n) is 5.22. The molecule has 3 rings (SSSR count). The van der Waals surface area contributed by atoms with Crippen molar-refractivity contribution in [2.24, 2.45) is 0 Å². The van der Waals surface area contributed by atoms with Crippen molar-refractivity contribution < 1.29 is 27.9 Å². The van der Waals surface area contributed by atoms with Crippen molar-refractivity contribution in [3.63, 3.8) is 0 Å². The van der Waals surface area contributed by atoms with Crippen molar-refractivity contribution in [3.05, 3.63) is 23.8 Å². The zero-order valence-corrected chi connectivity index (χ0v) is 16.1. The highest BCUT2D eigenvalue weighted by molar-refractivity contribution is 7.90. The standard InChI is InChI=1S/C16H23BF2N2O4S.H2/c1-15(2)16(3,4)25-17(24-15)12-9-11(18)10-13(14(12)19)20-26(22,23)21-7-5-6-8-21;/h9-10,20H,5-8H2,1-4H3;1H. The molecule has 0 spiro atoms. The molecule has 2 aliphatic heterocycles. The number of halogens is 2. The van der Waals surface area contributed by atoms with Gasteiger partial charge in [0, 0.05) is 26.0 Å². The minimum Gasteiger partial charge on any atom is -0.399 e. The summed E-state index contributed by atoms with van der Waals surface area (Å²) >= 11 is 0. The van der Waals surface area contributed by atoms with Crippen molar-refractivity contribution >= 4 is 28.5 Å². The van der Waals surface area contributed by atoms with Crippen LogP contribution in [-0.4, -0.2) is 44.1 Å². The van der Waals surface area contributed by atoms with Crippen molar-refractivity contribution in [2.75, 3.05) is 17.8 Å². The Morgan fingerprint density at radius 2 is 1.65 bits per heavy atom. The molecule has 2 heterocycles. The zero-order valence-electron chi connectivity index (χ0n) is 15.3. The van der Waals surface area contributed by atoms with Crippen LogP contribution in [0, 0.1) is 11.6 Å². The first-order chi connectivity index (χ1) is 11.9. The van der Waals surface area contributed by atoms with E-state index in [-0.39, 0.29) is 6.89 Å². The number of hydrogen-bond acceptors (Lipinski definition) is 4. The molecule has 26 heavy (non-hydrogen) atoms. The van der Waals surface area contributed by atoms with Gasteiger partial charge >= 0.3 is 17.3 Å². The molecular formula is C16H25BF2N2O4S. The van der Waals surface area contributed by atoms with Crippen molar-refractivity contribution in [3.8, 4) is 0 Å². The van der Waals surface area contributed by atoms with Crippen LogP contribution in [0.25, 0.3) is 0 Å². The molecule has 0 unspecified atom stereocenters. The molecule has 0 atom stereocenters. The van der Waals surface area contributed by atoms with E-state index in [0.29, 0.717) is 13.1 Å². The van der Waals surface area contributed by atoms with Gasteiger partial charge in [0.05, 0.1) is 16.9 Å². The second-order valence-electron chi connectivity index (χ2n) is 7.66. The highest BCUT2D eigenvalue weighted by Crippen LogP contribution is 2.37. The molecule has 1 aromatic carbocycles. The predicted molar refractivity (Wildman–Crippen MR) is 97.5 cm³/mol. The van der Waals surface area contributed by atoms with E-state index in [0.717, 1.165) is 25.0 Å². The molecule has 10 heteroatoms. The maximum absolute atomic E-state index is 15.0. The van der Waals surface area contributed by atoms with Crippen LogP contribution in [0.15, 0.2) is 12.1 Å². The first-order valence-corrected chi connectivity index (χ1v) is 9.99. The monoisotopic (exact) mass is 390 g/mol. The van der Waals surface area contributed by atoms with E-state index in [2.05, 4.69) is 4.72 Å². The second-order valence-corrected chi connectivity index (χ2v) is 9.33. The fourth-order valence-electron chi connectivity index (χ4n) is 2.96. The van der Waals surface area contributed by atoms with Crippen LogP contribution >= 0.6 is 0 Å². The summed E-state index contributed by atoms with van der Waals surface area (Å²) in [5.41, 5.74) is -2.10. The third kappa shape index (κ3) is 3.47. The highest BCUT2D eigenvalue weighted by Gasteiger charge is 2.52. The summed E-state index contributed by atoms with van der Waals surface area (Å²) in [5, 5.41) is 0. The van der Waals surface area contributed by atoms with Crippen molar-refractivity contribution in [1.82, 2.24) is 4.31 Å². The molecule has 2 aliphatic rings. The molecule has 0 amide bonds. The summed E-state index contributed by atoms with van der Waals surface area (Å²) in [6.45, 7) is 7.89. The minimum absolute atomic E-state index is 0. The minimum atomic E-state index is -3.94. The van der Waals surface area contributed by atoms with E-state index in [4.69, 9.17) is 9.31 Å². The van der Waals surface area contributed by atoms with Gasteiger partial charge in [0.15, 0.2) is 0 Å². The summed E-state index contributed by atoms with van der Waals surface area (Å²) in [4.78, 5) is 0. The number of hydrogen-bond donors (Lipinski definition) is 1. The number of rotatable bonds is 4. The van der Waals surface area contributed by atoms with Crippen LogP contribution in [0.2, 0.25) is 0 Å². The van der Waals surface area contributed by atoms with E-state index in [1.807, 2.05) is 0 Å². The number of benzene rings is 1. The van der Waals surface area contributed by atoms with E-state index in [1.165, 1.54) is 4.31 Å². The molecule has 2 fully saturated rings. The lowest BCUT2D eigenvalue weighted by molar-refractivity contribution is 0.00578. The van der Waals surface area contributed by atoms with E-state index >= 15 is 0 Å². The van der Waals surface area contributed by atoms with Gasteiger partial charge in [-0.1, -0.05) is 0 Å². The number of anilines is 1. The van der Waals surface area contributed by atoms with E-state index < -0.39 is 45.9 Å². The summed E-state index contributed by atoms with van der Waals surface area (Å²) in [6, 6.07) is 1.78. The van der Waals surface area contributed by atoms with Crippen LogP contribution in [0.4, 0.5) is 14.5 Å². The Bertz CT molecular complexity index is 801. The highest BCUT2D eigenvalue weighted by atomic mass is 32.2. The molecule has 1 aromatic rings. The maximum atomic E-state index is 15.0. The number of nitrogens with one attached hydrogen (secondary N) is 1. The Balaban J connectivity index is 0.00000261. The molecule has 2 saturated heterocycles. The summed E-state index contributed by atoms with van der Waals surface area (Å²) in [6.07, 6.45) is 1.48. The fourth-order valence-corrected chi connectivity index (χ4v) is 4.25. The van der Waals surface area contributed by atoms with E-state index in [1.54, 1.807) is 27.7 Å². The SMILES string of the molecule is CC1(C)OB(c2cc(F)cc(NS(=O)(=O)N3CCCC3)c2F)OC1(C)C.[HH]. The molecule has 1 N–H and O–H groups in total. The molecule has 0 aliphatic carbocycles. The molecule has 6 nitrogen and oxygen atoms in total. The molecule has 0 radical (unpaired) electrons. The Kier molecular flexibility index (Phi) is 4.84. The van der Waals surface area contributed by atoms with Crippen LogP contribution < -0.4 is 10.2 Å². The van der Waals surface area contributed by atoms with Gasteiger partial charge in [-0.15, -0.1) is 0 Å². The third-order valence-corrected chi connectivity index (χ3v) is 6.74. The van der Waals surface area contributed by atoms with Crippen LogP contribution in [-0.2, 0) is 19.5 Å². The first-order valence-electron chi connectivity index (χ1n) is 8.55. The number of nitrogens with zero attached hydrogens (tertiary/aromatic N) is 1. The van der Waals surface area contributed by atoms with Gasteiger partial charge in [0.1, 0.15) is 11.6 Å². The summed E-state index contributed by atoms with van der Waals surface area (Å²) < 4.78 is 68.6. The van der Waals surface area contributed by atoms with Gasteiger partial charge in [-0.25, -0.2) is 8.78 Å². The van der Waals surface area contributed by atoms with Gasteiger partial charge in [0.25, 0.3) is 0 Å². The van der Waals surface area contributed by atoms with E-state index in [9.17, 15) is 17.2 Å². The van der Waals surface area contributed by atoms with Gasteiger partial charge in [-0.3, -0.25) is 4.72 Å². The normalized spacial score (nSPS) is 22.8. The molecule has 0 aromatic heterocycles. The van der Waals surface area contributed by atoms with Gasteiger partial charge < -0.3 is 9.31 Å². The quantitative estimate of drug-likeness (QED) is 0.801. The van der Waals surface area contributed by atoms with Crippen LogP contribution in [0.1, 0.15) is 42.0 Å². The molecule has 0 saturated carbocycles. The van der Waals surface area contributed by atoms with Gasteiger partial charge in [0.2, 0.25) is 0 Å². The van der Waals surface area contributed by atoms with Crippen molar-refractivity contribution in [2.45, 2.75) is 51.7 Å². The Morgan fingerprint density at radius 3 is 2.19 bits per heavy atom. The Morgan fingerprint density at radius 1 is 1.12 bits per heavy atom. The van der Waals surface area contributed by atoms with Crippen LogP contribution in [0.5, 0.6) is 0 Å². The van der Waals surface area contributed by atoms with Gasteiger partial charge in [-0.05, 0) is 46.6 Å². The smallest absolute Gasteiger partial charge is 0.399 e. The molecule has 0 bridgehead atoms. The molecular weight excluding hydrogens is 365 g/mol. The Labute approximate surface area is 154 Å². The predicted octanol–water partition coefficient (Wildman–Crippen LogP) is 2.26. The lowest BCUT2D eigenvalue weighted by atomic mass is 9.78. The summed E-state index contributed by atoms with van der Waals surface area (Å²) in [7, 11) is -5.08. The van der Waals surface area contributed by atoms with Gasteiger partial charge in [-0.2, -0.15) is 12.7 Å². The average molecular weight is 390 g/mol. The topological polar surface area (TPSA) is 67.9 Å². The lowest BCUT2D eigenvalue weighted by Crippen LogP contribution is -2.41. The first kappa shape index (κ1) is 19.5. The maximum Gasteiger partial charge on any atom is 0.498 e. The largest absolute Gasteiger partial charge is 0.498 e.